The third kappa shape index (κ3) is 3.03. The highest BCUT2D eigenvalue weighted by atomic mass is 32.2. The Morgan fingerprint density at radius 2 is 1.71 bits per heavy atom. The summed E-state index contributed by atoms with van der Waals surface area (Å²) in [5.74, 6) is 1.83. The van der Waals surface area contributed by atoms with Gasteiger partial charge in [-0.2, -0.15) is 4.31 Å². The van der Waals surface area contributed by atoms with E-state index in [1.54, 1.807) is 0 Å². The first kappa shape index (κ1) is 16.2. The van der Waals surface area contributed by atoms with Crippen LogP contribution in [0.25, 0.3) is 0 Å². The third-order valence-corrected chi connectivity index (χ3v) is 7.60. The average molecular weight is 350 g/mol. The largest absolute Gasteiger partial charge is 0.300 e. The summed E-state index contributed by atoms with van der Waals surface area (Å²) in [6.45, 7) is 3.65. The highest BCUT2D eigenvalue weighted by Gasteiger charge is 2.37. The summed E-state index contributed by atoms with van der Waals surface area (Å²) < 4.78 is 39.8. The van der Waals surface area contributed by atoms with Gasteiger partial charge >= 0.3 is 0 Å². The maximum absolute atomic E-state index is 13.0. The molecule has 0 N–H and O–H groups in total. The van der Waals surface area contributed by atoms with Crippen LogP contribution in [-0.2, 0) is 10.0 Å². The predicted molar refractivity (Wildman–Crippen MR) is 90.4 cm³/mol. The number of hydrogen-bond donors (Lipinski definition) is 0. The number of sulfonamides is 1. The topological polar surface area (TPSA) is 40.6 Å². The number of hydrogen-bond acceptors (Lipinski definition) is 3. The normalized spacial score (nSPS) is 31.0. The van der Waals surface area contributed by atoms with E-state index < -0.39 is 15.8 Å². The van der Waals surface area contributed by atoms with E-state index in [1.807, 2.05) is 0 Å². The van der Waals surface area contributed by atoms with Crippen molar-refractivity contribution in [3.63, 3.8) is 0 Å². The molecule has 0 spiro atoms. The molecule has 1 heterocycles. The summed E-state index contributed by atoms with van der Waals surface area (Å²) in [6.07, 6.45) is 7.32. The Hall–Kier alpha value is -1.24. The standard InChI is InChI=1S/C18H23FN2O2S/c19-17-3-5-18(6-4-17)24(22,23)21-9-7-20(8-10-21)13-16-12-14-1-2-15(16)11-14/h1-6,14-16H,7-13H2/t14-,15-,16-/m1/s1. The molecule has 4 rings (SSSR count). The first-order valence-electron chi connectivity index (χ1n) is 8.69. The molecule has 1 saturated heterocycles. The van der Waals surface area contributed by atoms with Crippen LogP contribution in [0.5, 0.6) is 0 Å². The van der Waals surface area contributed by atoms with E-state index in [1.165, 1.54) is 41.4 Å². The van der Waals surface area contributed by atoms with Crippen molar-refractivity contribution in [3.8, 4) is 0 Å². The second kappa shape index (κ2) is 6.24. The molecule has 1 aromatic carbocycles. The van der Waals surface area contributed by atoms with E-state index in [-0.39, 0.29) is 4.90 Å². The fourth-order valence-corrected chi connectivity index (χ4v) is 5.77. The number of benzene rings is 1. The molecule has 1 saturated carbocycles. The zero-order chi connectivity index (χ0) is 16.7. The van der Waals surface area contributed by atoms with Crippen molar-refractivity contribution < 1.29 is 12.8 Å². The molecule has 3 atom stereocenters. The Morgan fingerprint density at radius 1 is 1.00 bits per heavy atom. The molecule has 6 heteroatoms. The van der Waals surface area contributed by atoms with Gasteiger partial charge in [0.15, 0.2) is 0 Å². The van der Waals surface area contributed by atoms with E-state index in [0.29, 0.717) is 13.1 Å². The van der Waals surface area contributed by atoms with Crippen LogP contribution in [0.15, 0.2) is 41.3 Å². The zero-order valence-corrected chi connectivity index (χ0v) is 14.5. The van der Waals surface area contributed by atoms with Crippen LogP contribution in [0.4, 0.5) is 4.39 Å². The molecule has 3 aliphatic rings. The summed E-state index contributed by atoms with van der Waals surface area (Å²) in [4.78, 5) is 2.58. The number of rotatable bonds is 4. The molecule has 1 aromatic rings. The lowest BCUT2D eigenvalue weighted by Crippen LogP contribution is -2.49. The van der Waals surface area contributed by atoms with Crippen LogP contribution in [0.1, 0.15) is 12.8 Å². The van der Waals surface area contributed by atoms with Crippen LogP contribution in [-0.4, -0.2) is 50.3 Å². The maximum Gasteiger partial charge on any atom is 0.243 e. The van der Waals surface area contributed by atoms with E-state index in [9.17, 15) is 12.8 Å². The van der Waals surface area contributed by atoms with Crippen molar-refractivity contribution in [1.29, 1.82) is 0 Å². The first-order valence-corrected chi connectivity index (χ1v) is 10.1. The Bertz CT molecular complexity index is 724. The van der Waals surface area contributed by atoms with E-state index in [4.69, 9.17) is 0 Å². The van der Waals surface area contributed by atoms with Crippen LogP contribution >= 0.6 is 0 Å². The molecular formula is C18H23FN2O2S. The Morgan fingerprint density at radius 3 is 2.29 bits per heavy atom. The molecule has 130 valence electrons. The first-order chi connectivity index (χ1) is 11.5. The minimum atomic E-state index is -3.51. The van der Waals surface area contributed by atoms with Crippen molar-refractivity contribution in [1.82, 2.24) is 9.21 Å². The van der Waals surface area contributed by atoms with Gasteiger partial charge in [0.05, 0.1) is 4.90 Å². The van der Waals surface area contributed by atoms with Crippen LogP contribution in [0.2, 0.25) is 0 Å². The van der Waals surface area contributed by atoms with Gasteiger partial charge in [-0.3, -0.25) is 0 Å². The van der Waals surface area contributed by atoms with Gasteiger partial charge in [-0.25, -0.2) is 12.8 Å². The summed E-state index contributed by atoms with van der Waals surface area (Å²) in [7, 11) is -3.51. The molecule has 24 heavy (non-hydrogen) atoms. The second-order valence-electron chi connectivity index (χ2n) is 7.20. The fraction of sp³-hybridized carbons (Fsp3) is 0.556. The van der Waals surface area contributed by atoms with Crippen molar-refractivity contribution >= 4 is 10.0 Å². The van der Waals surface area contributed by atoms with Gasteiger partial charge in [-0.15, -0.1) is 0 Å². The average Bonchev–Trinajstić information content (AvgIpc) is 3.19. The molecule has 4 nitrogen and oxygen atoms in total. The minimum absolute atomic E-state index is 0.176. The number of nitrogens with zero attached hydrogens (tertiary/aromatic N) is 2. The number of fused-ring (bicyclic) bond motifs is 2. The Labute approximate surface area is 143 Å². The monoisotopic (exact) mass is 350 g/mol. The van der Waals surface area contributed by atoms with Crippen molar-refractivity contribution in [3.05, 3.63) is 42.2 Å². The van der Waals surface area contributed by atoms with Gasteiger partial charge in [-0.05, 0) is 54.9 Å². The minimum Gasteiger partial charge on any atom is -0.300 e. The van der Waals surface area contributed by atoms with Gasteiger partial charge in [0.1, 0.15) is 5.82 Å². The summed E-state index contributed by atoms with van der Waals surface area (Å²) >= 11 is 0. The van der Waals surface area contributed by atoms with E-state index >= 15 is 0 Å². The lowest BCUT2D eigenvalue weighted by molar-refractivity contribution is 0.156. The van der Waals surface area contributed by atoms with Gasteiger partial charge in [0.2, 0.25) is 10.0 Å². The SMILES string of the molecule is O=S(=O)(c1ccc(F)cc1)N1CCN(C[C@H]2C[C@@H]3C=C[C@@H]2C3)CC1. The number of halogens is 1. The zero-order valence-electron chi connectivity index (χ0n) is 13.6. The maximum atomic E-state index is 13.0. The molecule has 0 radical (unpaired) electrons. The molecule has 2 bridgehead atoms. The Balaban J connectivity index is 1.35. The van der Waals surface area contributed by atoms with Gasteiger partial charge < -0.3 is 4.90 Å². The lowest BCUT2D eigenvalue weighted by atomic mass is 9.93. The van der Waals surface area contributed by atoms with Crippen molar-refractivity contribution in [2.45, 2.75) is 17.7 Å². The lowest BCUT2D eigenvalue weighted by Gasteiger charge is -2.36. The molecule has 0 amide bonds. The molecule has 2 aliphatic carbocycles. The molecule has 2 fully saturated rings. The van der Waals surface area contributed by atoms with Crippen LogP contribution < -0.4 is 0 Å². The quantitative estimate of drug-likeness (QED) is 0.783. The van der Waals surface area contributed by atoms with Crippen molar-refractivity contribution in [2.24, 2.45) is 17.8 Å². The summed E-state index contributed by atoms with van der Waals surface area (Å²) in [5.41, 5.74) is 0. The molecule has 1 aliphatic heterocycles. The summed E-state index contributed by atoms with van der Waals surface area (Å²) in [5, 5.41) is 0. The second-order valence-corrected chi connectivity index (χ2v) is 9.14. The van der Waals surface area contributed by atoms with Crippen molar-refractivity contribution in [2.75, 3.05) is 32.7 Å². The molecular weight excluding hydrogens is 327 g/mol. The summed E-state index contributed by atoms with van der Waals surface area (Å²) in [6, 6.07) is 5.09. The van der Waals surface area contributed by atoms with E-state index in [0.717, 1.165) is 37.4 Å². The highest BCUT2D eigenvalue weighted by molar-refractivity contribution is 7.89. The predicted octanol–water partition coefficient (Wildman–Crippen LogP) is 2.34. The molecule has 0 unspecified atom stereocenters. The molecule has 0 aromatic heterocycles. The fourth-order valence-electron chi connectivity index (χ4n) is 4.34. The van der Waals surface area contributed by atoms with Crippen LogP contribution in [0, 0.1) is 23.6 Å². The van der Waals surface area contributed by atoms with E-state index in [2.05, 4.69) is 17.1 Å². The van der Waals surface area contributed by atoms with Gasteiger partial charge in [0.25, 0.3) is 0 Å². The van der Waals surface area contributed by atoms with Gasteiger partial charge in [0, 0.05) is 32.7 Å². The highest BCUT2D eigenvalue weighted by Crippen LogP contribution is 2.43. The third-order valence-electron chi connectivity index (χ3n) is 5.69. The number of piperazine rings is 1. The number of allylic oxidation sites excluding steroid dienone is 2. The Kier molecular flexibility index (Phi) is 4.22. The smallest absolute Gasteiger partial charge is 0.243 e. The van der Waals surface area contributed by atoms with Gasteiger partial charge in [-0.1, -0.05) is 12.2 Å². The van der Waals surface area contributed by atoms with Crippen LogP contribution in [0.3, 0.4) is 0 Å².